The zero-order valence-corrected chi connectivity index (χ0v) is 16.2. The van der Waals surface area contributed by atoms with E-state index in [4.69, 9.17) is 0 Å². The molecule has 2 heterocycles. The fourth-order valence-electron chi connectivity index (χ4n) is 2.65. The van der Waals surface area contributed by atoms with Gasteiger partial charge in [0.25, 0.3) is 0 Å². The molecule has 4 nitrogen and oxygen atoms in total. The fraction of sp³-hybridized carbons (Fsp3) is 0.263. The van der Waals surface area contributed by atoms with Crippen LogP contribution >= 0.6 is 22.7 Å². The molecule has 0 bridgehead atoms. The van der Waals surface area contributed by atoms with Crippen LogP contribution in [0.4, 0.5) is 4.39 Å². The van der Waals surface area contributed by atoms with Gasteiger partial charge >= 0.3 is 0 Å². The summed E-state index contributed by atoms with van der Waals surface area (Å²) < 4.78 is 13.5. The third kappa shape index (κ3) is 4.75. The highest BCUT2D eigenvalue weighted by Gasteiger charge is 2.16. The van der Waals surface area contributed by atoms with Crippen molar-refractivity contribution in [2.75, 3.05) is 20.6 Å². The summed E-state index contributed by atoms with van der Waals surface area (Å²) in [6.45, 7) is 0.414. The average molecular weight is 390 g/mol. The van der Waals surface area contributed by atoms with Gasteiger partial charge in [-0.05, 0) is 43.2 Å². The van der Waals surface area contributed by atoms with Crippen molar-refractivity contribution in [3.05, 3.63) is 64.2 Å². The Morgan fingerprint density at radius 1 is 1.27 bits per heavy atom. The molecule has 0 saturated carbocycles. The van der Waals surface area contributed by atoms with Crippen LogP contribution in [0.5, 0.6) is 0 Å². The number of hydrogen-bond donors (Lipinski definition) is 1. The Kier molecular flexibility index (Phi) is 6.13. The summed E-state index contributed by atoms with van der Waals surface area (Å²) in [6.07, 6.45) is 0.241. The number of aromatic nitrogens is 1. The number of carbonyl (C=O) groups excluding carboxylic acids is 1. The zero-order valence-electron chi connectivity index (χ0n) is 14.6. The summed E-state index contributed by atoms with van der Waals surface area (Å²) in [4.78, 5) is 19.9. The second kappa shape index (κ2) is 8.53. The quantitative estimate of drug-likeness (QED) is 0.665. The Morgan fingerprint density at radius 2 is 2.12 bits per heavy atom. The van der Waals surface area contributed by atoms with Crippen LogP contribution in [0, 0.1) is 5.82 Å². The van der Waals surface area contributed by atoms with Crippen molar-refractivity contribution in [3.8, 4) is 9.88 Å². The topological polar surface area (TPSA) is 45.2 Å². The second-order valence-corrected chi connectivity index (χ2v) is 7.94. The molecule has 0 aliphatic carbocycles. The zero-order chi connectivity index (χ0) is 18.5. The lowest BCUT2D eigenvalue weighted by molar-refractivity contribution is -0.120. The van der Waals surface area contributed by atoms with Gasteiger partial charge in [-0.25, -0.2) is 9.37 Å². The van der Waals surface area contributed by atoms with Gasteiger partial charge in [-0.3, -0.25) is 4.79 Å². The van der Waals surface area contributed by atoms with E-state index in [0.29, 0.717) is 6.54 Å². The van der Waals surface area contributed by atoms with Crippen molar-refractivity contribution in [3.63, 3.8) is 0 Å². The first-order valence-corrected chi connectivity index (χ1v) is 9.95. The lowest BCUT2D eigenvalue weighted by Crippen LogP contribution is -2.35. The molecule has 1 N–H and O–H groups in total. The maximum atomic E-state index is 13.5. The van der Waals surface area contributed by atoms with Crippen LogP contribution in [0.3, 0.4) is 0 Å². The SMILES string of the molecule is CN(C)C(CNC(=O)Cc1csc(-c2cccs2)n1)c1cccc(F)c1. The molecule has 0 aliphatic rings. The minimum atomic E-state index is -0.274. The first-order chi connectivity index (χ1) is 12.5. The van der Waals surface area contributed by atoms with Crippen molar-refractivity contribution in [2.24, 2.45) is 0 Å². The summed E-state index contributed by atoms with van der Waals surface area (Å²) in [5.41, 5.74) is 1.60. The van der Waals surface area contributed by atoms with Crippen LogP contribution in [0.25, 0.3) is 9.88 Å². The Hall–Kier alpha value is -2.09. The van der Waals surface area contributed by atoms with Gasteiger partial charge in [0, 0.05) is 11.9 Å². The molecule has 3 rings (SSSR count). The molecule has 1 aromatic carbocycles. The molecular formula is C19H20FN3OS2. The Morgan fingerprint density at radius 3 is 2.81 bits per heavy atom. The highest BCUT2D eigenvalue weighted by molar-refractivity contribution is 7.20. The van der Waals surface area contributed by atoms with Crippen LogP contribution in [0.1, 0.15) is 17.3 Å². The van der Waals surface area contributed by atoms with Crippen LogP contribution in [-0.4, -0.2) is 36.4 Å². The van der Waals surface area contributed by atoms with Gasteiger partial charge < -0.3 is 10.2 Å². The number of hydrogen-bond acceptors (Lipinski definition) is 5. The predicted octanol–water partition coefficient (Wildman–Crippen LogP) is 3.97. The molecule has 0 radical (unpaired) electrons. The molecule has 26 heavy (non-hydrogen) atoms. The predicted molar refractivity (Wildman–Crippen MR) is 105 cm³/mol. The van der Waals surface area contributed by atoms with Gasteiger partial charge in [-0.2, -0.15) is 0 Å². The molecule has 0 fully saturated rings. The highest BCUT2D eigenvalue weighted by Crippen LogP contribution is 2.27. The van der Waals surface area contributed by atoms with Crippen molar-refractivity contribution in [1.29, 1.82) is 0 Å². The van der Waals surface area contributed by atoms with E-state index in [2.05, 4.69) is 10.3 Å². The highest BCUT2D eigenvalue weighted by atomic mass is 32.1. The number of halogens is 1. The van der Waals surface area contributed by atoms with Gasteiger partial charge in [0.05, 0.1) is 23.0 Å². The maximum Gasteiger partial charge on any atom is 0.226 e. The summed E-state index contributed by atoms with van der Waals surface area (Å²) in [5, 5.41) is 7.81. The number of thiazole rings is 1. The molecule has 2 aromatic heterocycles. The number of nitrogens with one attached hydrogen (secondary N) is 1. The van der Waals surface area contributed by atoms with E-state index < -0.39 is 0 Å². The van der Waals surface area contributed by atoms with Gasteiger partial charge in [0.15, 0.2) is 0 Å². The Labute approximate surface area is 160 Å². The molecule has 136 valence electrons. The first-order valence-electron chi connectivity index (χ1n) is 8.20. The number of benzene rings is 1. The molecule has 0 spiro atoms. The maximum absolute atomic E-state index is 13.5. The van der Waals surface area contributed by atoms with Crippen molar-refractivity contribution >= 4 is 28.6 Å². The molecular weight excluding hydrogens is 369 g/mol. The summed E-state index contributed by atoms with van der Waals surface area (Å²) >= 11 is 3.18. The van der Waals surface area contributed by atoms with E-state index in [-0.39, 0.29) is 24.2 Å². The summed E-state index contributed by atoms with van der Waals surface area (Å²) in [5.74, 6) is -0.361. The Balaban J connectivity index is 1.59. The normalized spacial score (nSPS) is 12.3. The largest absolute Gasteiger partial charge is 0.354 e. The second-order valence-electron chi connectivity index (χ2n) is 6.14. The van der Waals surface area contributed by atoms with Crippen LogP contribution in [0.2, 0.25) is 0 Å². The average Bonchev–Trinajstić information content (AvgIpc) is 3.26. The van der Waals surface area contributed by atoms with Gasteiger partial charge in [-0.1, -0.05) is 18.2 Å². The number of carbonyl (C=O) groups is 1. The van der Waals surface area contributed by atoms with Crippen LogP contribution in [-0.2, 0) is 11.2 Å². The fourth-order valence-corrected chi connectivity index (χ4v) is 4.29. The molecule has 3 aromatic rings. The standard InChI is InChI=1S/C19H20FN3OS2/c1-23(2)16(13-5-3-6-14(20)9-13)11-21-18(24)10-15-12-26-19(22-15)17-7-4-8-25-17/h3-9,12,16H,10-11H2,1-2H3,(H,21,24). The molecule has 1 amide bonds. The van der Waals surface area contributed by atoms with Crippen LogP contribution < -0.4 is 5.32 Å². The number of nitrogens with zero attached hydrogens (tertiary/aromatic N) is 2. The third-order valence-corrected chi connectivity index (χ3v) is 5.90. The molecule has 0 aliphatic heterocycles. The summed E-state index contributed by atoms with van der Waals surface area (Å²) in [6, 6.07) is 10.4. The lowest BCUT2D eigenvalue weighted by atomic mass is 10.1. The smallest absolute Gasteiger partial charge is 0.226 e. The third-order valence-electron chi connectivity index (χ3n) is 3.97. The number of amides is 1. The Bertz CT molecular complexity index is 861. The van der Waals surface area contributed by atoms with Crippen LogP contribution in [0.15, 0.2) is 47.2 Å². The van der Waals surface area contributed by atoms with E-state index >= 15 is 0 Å². The molecule has 7 heteroatoms. The van der Waals surface area contributed by atoms with Gasteiger partial charge in [0.1, 0.15) is 10.8 Å². The van der Waals surface area contributed by atoms with Gasteiger partial charge in [-0.15, -0.1) is 22.7 Å². The number of likely N-dealkylation sites (N-methyl/N-ethyl adjacent to an activating group) is 1. The lowest BCUT2D eigenvalue weighted by Gasteiger charge is -2.25. The van der Waals surface area contributed by atoms with E-state index in [1.54, 1.807) is 28.7 Å². The van der Waals surface area contributed by atoms with Crippen molar-refractivity contribution in [1.82, 2.24) is 15.2 Å². The van der Waals surface area contributed by atoms with Gasteiger partial charge in [0.2, 0.25) is 5.91 Å². The molecule has 1 atom stereocenters. The van der Waals surface area contributed by atoms with E-state index in [1.807, 2.05) is 48.0 Å². The number of rotatable bonds is 7. The first kappa shape index (κ1) is 18.7. The van der Waals surface area contributed by atoms with E-state index in [1.165, 1.54) is 12.1 Å². The van der Waals surface area contributed by atoms with E-state index in [9.17, 15) is 9.18 Å². The monoisotopic (exact) mass is 389 g/mol. The molecule has 0 saturated heterocycles. The van der Waals surface area contributed by atoms with Crippen molar-refractivity contribution < 1.29 is 9.18 Å². The number of thiophene rings is 1. The minimum Gasteiger partial charge on any atom is -0.354 e. The minimum absolute atomic E-state index is 0.0868. The van der Waals surface area contributed by atoms with E-state index in [0.717, 1.165) is 21.1 Å². The molecule has 1 unspecified atom stereocenters. The summed E-state index contributed by atoms with van der Waals surface area (Å²) in [7, 11) is 3.82. The van der Waals surface area contributed by atoms with Crippen molar-refractivity contribution in [2.45, 2.75) is 12.5 Å².